The maximum Gasteiger partial charge on any atom is 0.330 e. The Balaban J connectivity index is 1.37. The summed E-state index contributed by atoms with van der Waals surface area (Å²) >= 11 is 0. The Labute approximate surface area is 342 Å². The van der Waals surface area contributed by atoms with Crippen LogP contribution in [-0.2, 0) is 29.9 Å². The van der Waals surface area contributed by atoms with Crippen LogP contribution in [0.2, 0.25) is 0 Å². The molecule has 0 unspecified atom stereocenters. The number of benzene rings is 4. The molecule has 1 aliphatic carbocycles. The lowest BCUT2D eigenvalue weighted by molar-refractivity contribution is -0.440. The zero-order chi connectivity index (χ0) is 40.9. The summed E-state index contributed by atoms with van der Waals surface area (Å²) in [5.41, 5.74) is 12.1. The van der Waals surface area contributed by atoms with Crippen molar-refractivity contribution in [2.75, 3.05) is 36.1 Å². The monoisotopic (exact) mass is 770 g/mol. The van der Waals surface area contributed by atoms with Gasteiger partial charge in [0.15, 0.2) is 18.9 Å². The first kappa shape index (κ1) is 39.8. The zero-order valence-electron chi connectivity index (χ0n) is 34.0. The molecule has 7 nitrogen and oxygen atoms in total. The number of hydrogen-bond donors (Lipinski definition) is 0. The van der Waals surface area contributed by atoms with Crippen LogP contribution in [0, 0.1) is 0 Å². The average molecular weight is 771 g/mol. The highest BCUT2D eigenvalue weighted by molar-refractivity contribution is 6.03. The molecule has 0 aromatic heterocycles. The van der Waals surface area contributed by atoms with Crippen molar-refractivity contribution in [2.45, 2.75) is 51.4 Å². The Morgan fingerprint density at radius 3 is 1.95 bits per heavy atom. The third kappa shape index (κ3) is 7.77. The fourth-order valence-corrected chi connectivity index (χ4v) is 8.60. The topological polar surface area (TPSA) is 62.1 Å². The quantitative estimate of drug-likeness (QED) is 0.0723. The first-order valence-corrected chi connectivity index (χ1v) is 20.0. The Kier molecular flexibility index (Phi) is 11.6. The van der Waals surface area contributed by atoms with Crippen molar-refractivity contribution in [3.05, 3.63) is 192 Å². The number of carbonyl (C=O) groups is 2. The van der Waals surface area contributed by atoms with E-state index in [-0.39, 0.29) is 24.0 Å². The molecular formula is C51H52N3O4+. The number of anilines is 3. The van der Waals surface area contributed by atoms with Crippen LogP contribution in [0.1, 0.15) is 51.7 Å². The van der Waals surface area contributed by atoms with Crippen molar-refractivity contribution in [1.29, 1.82) is 0 Å². The van der Waals surface area contributed by atoms with Crippen LogP contribution in [0.4, 0.5) is 22.7 Å². The van der Waals surface area contributed by atoms with Gasteiger partial charge in [-0.15, -0.1) is 0 Å². The van der Waals surface area contributed by atoms with Crippen LogP contribution < -0.4 is 9.80 Å². The number of ether oxygens (including phenoxy) is 2. The summed E-state index contributed by atoms with van der Waals surface area (Å²) in [6.07, 6.45) is 13.2. The van der Waals surface area contributed by atoms with E-state index in [9.17, 15) is 9.59 Å². The molecule has 3 aliphatic rings. The zero-order valence-corrected chi connectivity index (χ0v) is 34.0. The highest BCUT2D eigenvalue weighted by atomic mass is 16.5. The van der Waals surface area contributed by atoms with E-state index in [4.69, 9.17) is 9.47 Å². The van der Waals surface area contributed by atoms with E-state index in [1.807, 2.05) is 0 Å². The van der Waals surface area contributed by atoms with Gasteiger partial charge in [-0.2, -0.15) is 4.58 Å². The first-order valence-electron chi connectivity index (χ1n) is 20.0. The van der Waals surface area contributed by atoms with E-state index in [1.165, 1.54) is 34.4 Å². The van der Waals surface area contributed by atoms with Crippen LogP contribution in [0.3, 0.4) is 0 Å². The minimum atomic E-state index is -0.426. The molecule has 2 heterocycles. The normalized spacial score (nSPS) is 17.8. The number of esters is 2. The Bertz CT molecular complexity index is 2340. The fraction of sp³-hybridized carbons (Fsp3) is 0.235. The summed E-state index contributed by atoms with van der Waals surface area (Å²) in [5, 5.41) is 0. The lowest BCUT2D eigenvalue weighted by atomic mass is 9.81. The minimum absolute atomic E-state index is 0.242. The van der Waals surface area contributed by atoms with Crippen LogP contribution >= 0.6 is 0 Å². The SMILES string of the molecule is C=CC(=O)OCCN1/C(=C/C=C2\CCC(/C=C/C3=[N+](CCOC(=O)C=C)c4ccccc4C3(C)C)=C2N(c2ccccc2)c2ccccc2)C(C)(C)c2ccccc21. The minimum Gasteiger partial charge on any atom is -0.461 e. The average Bonchev–Trinajstić information content (AvgIpc) is 3.81. The van der Waals surface area contributed by atoms with Gasteiger partial charge in [-0.25, -0.2) is 9.59 Å². The maximum absolute atomic E-state index is 12.0. The third-order valence-electron chi connectivity index (χ3n) is 11.5. The van der Waals surface area contributed by atoms with Crippen molar-refractivity contribution in [3.8, 4) is 0 Å². The predicted octanol–water partition coefficient (Wildman–Crippen LogP) is 10.6. The first-order chi connectivity index (χ1) is 28.1. The summed E-state index contributed by atoms with van der Waals surface area (Å²) in [6.45, 7) is 17.7. The van der Waals surface area contributed by atoms with Gasteiger partial charge in [0, 0.05) is 58.0 Å². The molecule has 0 spiro atoms. The van der Waals surface area contributed by atoms with E-state index < -0.39 is 11.9 Å². The maximum atomic E-state index is 12.0. The van der Waals surface area contributed by atoms with Gasteiger partial charge in [-0.1, -0.05) is 112 Å². The lowest BCUT2D eigenvalue weighted by Gasteiger charge is -2.29. The van der Waals surface area contributed by atoms with Crippen molar-refractivity contribution in [2.24, 2.45) is 0 Å². The number of hydrogen-bond acceptors (Lipinski definition) is 6. The largest absolute Gasteiger partial charge is 0.461 e. The highest BCUT2D eigenvalue weighted by Gasteiger charge is 2.44. The number of fused-ring (bicyclic) bond motifs is 2. The van der Waals surface area contributed by atoms with Crippen LogP contribution in [0.15, 0.2) is 181 Å². The van der Waals surface area contributed by atoms with Crippen LogP contribution in [-0.4, -0.2) is 48.5 Å². The molecule has 2 aliphatic heterocycles. The number of nitrogens with zero attached hydrogens (tertiary/aromatic N) is 3. The van der Waals surface area contributed by atoms with Gasteiger partial charge < -0.3 is 19.3 Å². The number of rotatable bonds is 14. The molecule has 0 bridgehead atoms. The summed E-state index contributed by atoms with van der Waals surface area (Å²) in [6, 6.07) is 38.1. The molecule has 4 aromatic rings. The standard InChI is InChI=1S/C51H52N3O4/c1-7-47(55)57-35-33-52-43-25-17-15-23-41(43)50(3,4)45(52)31-29-37-27-28-38(49(37)54(39-19-11-9-12-20-39)40-21-13-10-14-22-40)30-32-46-51(5,6)42-24-16-18-26-44(42)53(46)34-36-58-48(56)8-2/h7-26,29-32H,1-2,27-28,33-36H2,3-6H3/q+1. The highest BCUT2D eigenvalue weighted by Crippen LogP contribution is 2.48. The van der Waals surface area contributed by atoms with Gasteiger partial charge >= 0.3 is 11.9 Å². The fourth-order valence-electron chi connectivity index (χ4n) is 8.60. The van der Waals surface area contributed by atoms with Crippen molar-refractivity contribution >= 4 is 40.4 Å². The predicted molar refractivity (Wildman–Crippen MR) is 235 cm³/mol. The van der Waals surface area contributed by atoms with E-state index in [1.54, 1.807) is 0 Å². The van der Waals surface area contributed by atoms with E-state index >= 15 is 0 Å². The van der Waals surface area contributed by atoms with Gasteiger partial charge in [-0.3, -0.25) is 0 Å². The molecule has 7 heteroatoms. The third-order valence-corrected chi connectivity index (χ3v) is 11.5. The Morgan fingerprint density at radius 1 is 0.707 bits per heavy atom. The van der Waals surface area contributed by atoms with E-state index in [0.717, 1.165) is 52.7 Å². The molecule has 0 atom stereocenters. The summed E-state index contributed by atoms with van der Waals surface area (Å²) in [4.78, 5) is 28.7. The Hall–Kier alpha value is -6.47. The van der Waals surface area contributed by atoms with E-state index in [2.05, 4.69) is 189 Å². The van der Waals surface area contributed by atoms with Gasteiger partial charge in [-0.05, 0) is 79.8 Å². The molecule has 7 rings (SSSR count). The van der Waals surface area contributed by atoms with Gasteiger partial charge in [0.25, 0.3) is 0 Å². The second-order valence-electron chi connectivity index (χ2n) is 15.7. The van der Waals surface area contributed by atoms with E-state index in [0.29, 0.717) is 13.1 Å². The molecule has 0 saturated heterocycles. The second-order valence-corrected chi connectivity index (χ2v) is 15.7. The van der Waals surface area contributed by atoms with Crippen molar-refractivity contribution in [1.82, 2.24) is 0 Å². The molecular weight excluding hydrogens is 719 g/mol. The lowest BCUT2D eigenvalue weighted by Crippen LogP contribution is -2.29. The molecule has 294 valence electrons. The summed E-state index contributed by atoms with van der Waals surface area (Å²) in [5.74, 6) is -0.852. The summed E-state index contributed by atoms with van der Waals surface area (Å²) in [7, 11) is 0. The summed E-state index contributed by atoms with van der Waals surface area (Å²) < 4.78 is 13.2. The molecule has 0 saturated carbocycles. The molecule has 0 amide bonds. The number of para-hydroxylation sites is 4. The van der Waals surface area contributed by atoms with Gasteiger partial charge in [0.1, 0.15) is 6.61 Å². The number of carbonyl (C=O) groups excluding carboxylic acids is 2. The van der Waals surface area contributed by atoms with Gasteiger partial charge in [0.2, 0.25) is 5.69 Å². The van der Waals surface area contributed by atoms with Crippen molar-refractivity contribution < 1.29 is 23.6 Å². The van der Waals surface area contributed by atoms with Crippen LogP contribution in [0.25, 0.3) is 0 Å². The van der Waals surface area contributed by atoms with Gasteiger partial charge in [0.05, 0.1) is 17.7 Å². The second kappa shape index (κ2) is 16.9. The molecule has 0 N–H and O–H groups in total. The smallest absolute Gasteiger partial charge is 0.330 e. The molecule has 4 aromatic carbocycles. The molecule has 0 fully saturated rings. The molecule has 58 heavy (non-hydrogen) atoms. The molecule has 0 radical (unpaired) electrons. The van der Waals surface area contributed by atoms with Crippen molar-refractivity contribution in [3.63, 3.8) is 0 Å². The Morgan fingerprint density at radius 2 is 1.29 bits per heavy atom. The van der Waals surface area contributed by atoms with Crippen LogP contribution in [0.5, 0.6) is 0 Å². The number of allylic oxidation sites excluding steroid dienone is 7.